The van der Waals surface area contributed by atoms with Crippen LogP contribution in [-0.4, -0.2) is 43.4 Å². The van der Waals surface area contributed by atoms with Gasteiger partial charge in [0.15, 0.2) is 11.5 Å². The van der Waals surface area contributed by atoms with Gasteiger partial charge in [-0.15, -0.1) is 0 Å². The summed E-state index contributed by atoms with van der Waals surface area (Å²) < 4.78 is 10.9. The molecule has 3 atom stereocenters. The number of hydrazone groups is 2. The number of benzene rings is 3. The fraction of sp³-hybridized carbons (Fsp3) is 0.265. The zero-order valence-corrected chi connectivity index (χ0v) is 24.7. The van der Waals surface area contributed by atoms with Crippen LogP contribution in [0.4, 0.5) is 11.4 Å². The number of hydrogen-bond donors (Lipinski definition) is 2. The van der Waals surface area contributed by atoms with Crippen molar-refractivity contribution in [2.24, 2.45) is 28.0 Å². The van der Waals surface area contributed by atoms with Gasteiger partial charge in [0.05, 0.1) is 37.2 Å². The van der Waals surface area contributed by atoms with Crippen molar-refractivity contribution >= 4 is 40.5 Å². The number of hydrogen-bond acceptors (Lipinski definition) is 7. The molecular formula is C34H33N5O5. The zero-order valence-electron chi connectivity index (χ0n) is 24.7. The van der Waals surface area contributed by atoms with Crippen LogP contribution in [-0.2, 0) is 9.59 Å². The summed E-state index contributed by atoms with van der Waals surface area (Å²) in [5.74, 6) is 0.476. The molecule has 3 amide bonds. The molecule has 0 radical (unpaired) electrons. The topological polar surface area (TPSA) is 122 Å². The number of carbonyl (C=O) groups is 3. The van der Waals surface area contributed by atoms with Gasteiger partial charge in [0.2, 0.25) is 5.91 Å². The Morgan fingerprint density at radius 1 is 0.864 bits per heavy atom. The Morgan fingerprint density at radius 3 is 2.23 bits per heavy atom. The minimum atomic E-state index is -0.281. The average Bonchev–Trinajstić information content (AvgIpc) is 3.05. The van der Waals surface area contributed by atoms with Gasteiger partial charge >= 0.3 is 0 Å². The van der Waals surface area contributed by atoms with Crippen LogP contribution < -0.4 is 25.2 Å². The van der Waals surface area contributed by atoms with E-state index >= 15 is 0 Å². The Labute approximate surface area is 255 Å². The highest BCUT2D eigenvalue weighted by Gasteiger charge is 2.40. The van der Waals surface area contributed by atoms with Crippen LogP contribution >= 0.6 is 0 Å². The highest BCUT2D eigenvalue weighted by Crippen LogP contribution is 2.38. The van der Waals surface area contributed by atoms with Crippen molar-refractivity contribution in [1.82, 2.24) is 5.43 Å². The first kappa shape index (κ1) is 28.9. The molecule has 2 aliphatic heterocycles. The molecule has 1 aliphatic carbocycles. The number of amides is 3. The summed E-state index contributed by atoms with van der Waals surface area (Å²) in [6, 6.07) is 19.9. The molecule has 3 aromatic carbocycles. The third-order valence-electron chi connectivity index (χ3n) is 8.27. The molecule has 0 bridgehead atoms. The number of fused-ring (bicyclic) bond motifs is 1. The maximum Gasteiger partial charge on any atom is 0.255 e. The molecule has 6 rings (SSSR count). The molecule has 0 saturated heterocycles. The van der Waals surface area contributed by atoms with Crippen molar-refractivity contribution in [3.8, 4) is 11.5 Å². The van der Waals surface area contributed by atoms with Crippen LogP contribution in [0.2, 0.25) is 0 Å². The Kier molecular flexibility index (Phi) is 7.97. The second-order valence-electron chi connectivity index (χ2n) is 11.1. The normalized spacial score (nSPS) is 21.1. The van der Waals surface area contributed by atoms with E-state index in [2.05, 4.69) is 28.0 Å². The minimum absolute atomic E-state index is 0.00871. The summed E-state index contributed by atoms with van der Waals surface area (Å²) in [5, 5.41) is 13.4. The summed E-state index contributed by atoms with van der Waals surface area (Å²) >= 11 is 0. The quantitative estimate of drug-likeness (QED) is 0.368. The number of methoxy groups -OCH3 is 2. The molecule has 0 saturated carbocycles. The molecule has 10 nitrogen and oxygen atoms in total. The number of ether oxygens (including phenoxy) is 2. The molecule has 224 valence electrons. The van der Waals surface area contributed by atoms with Crippen molar-refractivity contribution in [3.05, 3.63) is 95.6 Å². The SMILES string of the molecule is COc1ccc(C2=NN(c3ccc(C(=O)Nc4ccc(C5=NNC(=O)CC5C)cc4)cc3)C(=O)[C@@H]3CC=CC[C@H]23)cc1OC. The fourth-order valence-corrected chi connectivity index (χ4v) is 5.91. The number of carbonyl (C=O) groups excluding carboxylic acids is 3. The van der Waals surface area contributed by atoms with Crippen molar-refractivity contribution in [2.45, 2.75) is 26.2 Å². The molecule has 1 unspecified atom stereocenters. The van der Waals surface area contributed by atoms with Gasteiger partial charge in [0, 0.05) is 35.1 Å². The first-order chi connectivity index (χ1) is 21.4. The maximum atomic E-state index is 13.6. The molecule has 2 N–H and O–H groups in total. The van der Waals surface area contributed by atoms with Crippen molar-refractivity contribution < 1.29 is 23.9 Å². The smallest absolute Gasteiger partial charge is 0.255 e. The first-order valence-electron chi connectivity index (χ1n) is 14.5. The Hall–Kier alpha value is -5.25. The number of anilines is 2. The van der Waals surface area contributed by atoms with Crippen LogP contribution in [0, 0.1) is 17.8 Å². The monoisotopic (exact) mass is 591 g/mol. The van der Waals surface area contributed by atoms with Gasteiger partial charge in [-0.25, -0.2) is 10.4 Å². The molecule has 0 aromatic heterocycles. The van der Waals surface area contributed by atoms with E-state index in [-0.39, 0.29) is 35.5 Å². The van der Waals surface area contributed by atoms with Crippen molar-refractivity contribution in [3.63, 3.8) is 0 Å². The lowest BCUT2D eigenvalue weighted by atomic mass is 9.76. The van der Waals surface area contributed by atoms with Crippen LogP contribution in [0.1, 0.15) is 47.7 Å². The van der Waals surface area contributed by atoms with E-state index in [0.29, 0.717) is 41.3 Å². The number of nitrogens with one attached hydrogen (secondary N) is 2. The highest BCUT2D eigenvalue weighted by atomic mass is 16.5. The van der Waals surface area contributed by atoms with Crippen molar-refractivity contribution in [2.75, 3.05) is 24.5 Å². The van der Waals surface area contributed by atoms with Gasteiger partial charge in [-0.3, -0.25) is 14.4 Å². The van der Waals surface area contributed by atoms with Crippen molar-refractivity contribution in [1.29, 1.82) is 0 Å². The fourth-order valence-electron chi connectivity index (χ4n) is 5.91. The van der Waals surface area contributed by atoms with Gasteiger partial charge in [-0.05, 0) is 73.0 Å². The molecule has 3 aromatic rings. The number of rotatable bonds is 7. The predicted molar refractivity (Wildman–Crippen MR) is 168 cm³/mol. The van der Waals surface area contributed by atoms with Crippen LogP contribution in [0.15, 0.2) is 89.1 Å². The lowest BCUT2D eigenvalue weighted by Crippen LogP contribution is -2.45. The summed E-state index contributed by atoms with van der Waals surface area (Å²) in [7, 11) is 3.18. The highest BCUT2D eigenvalue weighted by molar-refractivity contribution is 6.12. The zero-order chi connectivity index (χ0) is 30.8. The van der Waals surface area contributed by atoms with E-state index in [4.69, 9.17) is 14.6 Å². The Morgan fingerprint density at radius 2 is 1.55 bits per heavy atom. The van der Waals surface area contributed by atoms with E-state index in [1.54, 1.807) is 50.6 Å². The minimum Gasteiger partial charge on any atom is -0.493 e. The lowest BCUT2D eigenvalue weighted by Gasteiger charge is -2.37. The van der Waals surface area contributed by atoms with E-state index < -0.39 is 0 Å². The van der Waals surface area contributed by atoms with Gasteiger partial charge in [0.25, 0.3) is 11.8 Å². The third-order valence-corrected chi connectivity index (χ3v) is 8.27. The molecule has 2 heterocycles. The summed E-state index contributed by atoms with van der Waals surface area (Å²) in [4.78, 5) is 38.2. The van der Waals surface area contributed by atoms with Crippen LogP contribution in [0.3, 0.4) is 0 Å². The standard InChI is InChI=1S/C34H33N5O5/c1-20-18-30(40)36-37-31(20)21-8-13-24(14-9-21)35-33(41)22-10-15-25(16-11-22)39-34(42)27-7-5-4-6-26(27)32(38-39)23-12-17-28(43-2)29(19-23)44-3/h4-5,8-17,19-20,26-27H,6-7,18H2,1-3H3,(H,35,41)(H,36,40)/t20?,26-,27+/m0/s1. The average molecular weight is 592 g/mol. The number of nitrogens with zero attached hydrogens (tertiary/aromatic N) is 3. The third kappa shape index (κ3) is 5.58. The Bertz CT molecular complexity index is 1690. The molecule has 0 spiro atoms. The molecular weight excluding hydrogens is 558 g/mol. The van der Waals surface area contributed by atoms with Gasteiger partial charge < -0.3 is 14.8 Å². The van der Waals surface area contributed by atoms with Crippen LogP contribution in [0.5, 0.6) is 11.5 Å². The second kappa shape index (κ2) is 12.2. The summed E-state index contributed by atoms with van der Waals surface area (Å²) in [6.07, 6.45) is 5.90. The van der Waals surface area contributed by atoms with Gasteiger partial charge in [0.1, 0.15) is 0 Å². The van der Waals surface area contributed by atoms with Gasteiger partial charge in [-0.1, -0.05) is 31.2 Å². The molecule has 44 heavy (non-hydrogen) atoms. The largest absolute Gasteiger partial charge is 0.493 e. The molecule has 3 aliphatic rings. The first-order valence-corrected chi connectivity index (χ1v) is 14.5. The number of allylic oxidation sites excluding steroid dienone is 2. The van der Waals surface area contributed by atoms with Gasteiger partial charge in [-0.2, -0.15) is 10.2 Å². The maximum absolute atomic E-state index is 13.6. The van der Waals surface area contributed by atoms with Crippen LogP contribution in [0.25, 0.3) is 0 Å². The summed E-state index contributed by atoms with van der Waals surface area (Å²) in [6.45, 7) is 1.96. The van der Waals surface area contributed by atoms with E-state index in [1.807, 2.05) is 37.3 Å². The predicted octanol–water partition coefficient (Wildman–Crippen LogP) is 5.15. The lowest BCUT2D eigenvalue weighted by molar-refractivity contribution is -0.124. The Balaban J connectivity index is 1.21. The summed E-state index contributed by atoms with van der Waals surface area (Å²) in [5.41, 5.74) is 7.53. The van der Waals surface area contributed by atoms with E-state index in [9.17, 15) is 14.4 Å². The van der Waals surface area contributed by atoms with E-state index in [0.717, 1.165) is 29.0 Å². The molecule has 10 heteroatoms. The molecule has 0 fully saturated rings. The van der Waals surface area contributed by atoms with E-state index in [1.165, 1.54) is 5.01 Å². The second-order valence-corrected chi connectivity index (χ2v) is 11.1.